The van der Waals surface area contributed by atoms with E-state index < -0.39 is 40.7 Å². The van der Waals surface area contributed by atoms with Crippen LogP contribution in [0.15, 0.2) is 79.0 Å². The van der Waals surface area contributed by atoms with Crippen LogP contribution in [0.5, 0.6) is 0 Å². The summed E-state index contributed by atoms with van der Waals surface area (Å²) in [6.45, 7) is 0.118. The summed E-state index contributed by atoms with van der Waals surface area (Å²) in [5, 5.41) is 14.0. The lowest BCUT2D eigenvalue weighted by Gasteiger charge is -2.35. The van der Waals surface area contributed by atoms with Crippen LogP contribution in [0.3, 0.4) is 0 Å². The summed E-state index contributed by atoms with van der Waals surface area (Å²) < 4.78 is 0. The first-order chi connectivity index (χ1) is 18.3. The van der Waals surface area contributed by atoms with Crippen molar-refractivity contribution in [2.75, 3.05) is 5.32 Å². The van der Waals surface area contributed by atoms with Gasteiger partial charge in [0, 0.05) is 18.0 Å². The van der Waals surface area contributed by atoms with Crippen LogP contribution < -0.4 is 5.32 Å². The Kier molecular flexibility index (Phi) is 5.72. The molecular formula is C28H21ClN4O5. The lowest BCUT2D eigenvalue weighted by atomic mass is 9.84. The number of carbonyl (C=O) groups excluding carboxylic acids is 3. The van der Waals surface area contributed by atoms with Crippen LogP contribution in [0.1, 0.15) is 22.7 Å². The minimum absolute atomic E-state index is 0.0577. The molecule has 9 nitrogen and oxygen atoms in total. The minimum Gasteiger partial charge on any atom is -0.357 e. The van der Waals surface area contributed by atoms with Crippen molar-refractivity contribution in [3.63, 3.8) is 0 Å². The number of nitrogens with zero attached hydrogens (tertiary/aromatic N) is 3. The molecule has 1 N–H and O–H groups in total. The molecule has 3 aliphatic rings. The van der Waals surface area contributed by atoms with Gasteiger partial charge in [-0.1, -0.05) is 66.2 Å². The summed E-state index contributed by atoms with van der Waals surface area (Å²) in [4.78, 5) is 55.0. The zero-order valence-electron chi connectivity index (χ0n) is 19.9. The normalized spacial score (nSPS) is 23.2. The minimum atomic E-state index is -0.999. The number of carbonyl (C=O) groups is 3. The van der Waals surface area contributed by atoms with Gasteiger partial charge in [-0.25, -0.2) is 0 Å². The molecule has 3 aromatic rings. The predicted molar refractivity (Wildman–Crippen MR) is 140 cm³/mol. The van der Waals surface area contributed by atoms with Crippen molar-refractivity contribution >= 4 is 46.8 Å². The number of anilines is 1. The number of rotatable bonds is 5. The quantitative estimate of drug-likeness (QED) is 0.298. The Hall–Kier alpha value is -4.50. The van der Waals surface area contributed by atoms with Crippen LogP contribution in [-0.2, 0) is 20.9 Å². The Bertz CT molecular complexity index is 1520. The van der Waals surface area contributed by atoms with Crippen LogP contribution in [0.25, 0.3) is 6.08 Å². The van der Waals surface area contributed by atoms with E-state index in [0.717, 1.165) is 16.7 Å². The molecule has 0 aromatic heterocycles. The predicted octanol–water partition coefficient (Wildman–Crippen LogP) is 4.40. The third kappa shape index (κ3) is 3.74. The fourth-order valence-corrected chi connectivity index (χ4v) is 5.97. The second-order valence-corrected chi connectivity index (χ2v) is 9.90. The number of halogens is 1. The Morgan fingerprint density at radius 3 is 2.45 bits per heavy atom. The summed E-state index contributed by atoms with van der Waals surface area (Å²) in [7, 11) is 0. The van der Waals surface area contributed by atoms with Gasteiger partial charge in [0.2, 0.25) is 17.7 Å². The molecule has 3 aromatic carbocycles. The number of nitrogens with one attached hydrogen (secondary N) is 1. The van der Waals surface area contributed by atoms with Gasteiger partial charge in [0.05, 0.1) is 29.3 Å². The van der Waals surface area contributed by atoms with Gasteiger partial charge in [0.25, 0.3) is 5.69 Å². The number of amides is 3. The van der Waals surface area contributed by atoms with E-state index in [1.54, 1.807) is 11.1 Å². The monoisotopic (exact) mass is 528 g/mol. The Morgan fingerprint density at radius 2 is 1.68 bits per heavy atom. The van der Waals surface area contributed by atoms with Gasteiger partial charge >= 0.3 is 0 Å². The van der Waals surface area contributed by atoms with Crippen molar-refractivity contribution < 1.29 is 19.3 Å². The zero-order valence-corrected chi connectivity index (χ0v) is 20.6. The molecule has 2 saturated heterocycles. The van der Waals surface area contributed by atoms with E-state index in [-0.39, 0.29) is 28.8 Å². The van der Waals surface area contributed by atoms with E-state index in [4.69, 9.17) is 11.6 Å². The SMILES string of the molecule is O=C(Nc1ccc(Cl)c([N+](=O)[O-])c1)[C@@H]1[C@@H]2C(=O)N(Cc3ccccc3)C(=O)[C@@H]2C2c3ccccc3C=CN21. The molecule has 3 aliphatic heterocycles. The van der Waals surface area contributed by atoms with Crippen LogP contribution in [0.4, 0.5) is 11.4 Å². The molecule has 0 spiro atoms. The molecule has 3 heterocycles. The fraction of sp³-hybridized carbons (Fsp3) is 0.179. The zero-order chi connectivity index (χ0) is 26.6. The van der Waals surface area contributed by atoms with E-state index in [0.29, 0.717) is 0 Å². The largest absolute Gasteiger partial charge is 0.357 e. The summed E-state index contributed by atoms with van der Waals surface area (Å²) >= 11 is 5.93. The van der Waals surface area contributed by atoms with Crippen LogP contribution in [-0.4, -0.2) is 38.5 Å². The van der Waals surface area contributed by atoms with Crippen molar-refractivity contribution in [3.05, 3.63) is 111 Å². The van der Waals surface area contributed by atoms with E-state index in [1.807, 2.05) is 60.7 Å². The number of hydrogen-bond acceptors (Lipinski definition) is 6. The van der Waals surface area contributed by atoms with Gasteiger partial charge < -0.3 is 10.2 Å². The van der Waals surface area contributed by atoms with Gasteiger partial charge in [-0.05, 0) is 34.9 Å². The first-order valence-electron chi connectivity index (χ1n) is 12.0. The maximum Gasteiger partial charge on any atom is 0.289 e. The molecule has 1 unspecified atom stereocenters. The Balaban J connectivity index is 1.39. The Morgan fingerprint density at radius 1 is 0.974 bits per heavy atom. The second kappa shape index (κ2) is 9.11. The number of benzene rings is 3. The smallest absolute Gasteiger partial charge is 0.289 e. The number of imide groups is 1. The molecule has 190 valence electrons. The lowest BCUT2D eigenvalue weighted by Crippen LogP contribution is -2.46. The van der Waals surface area contributed by atoms with Gasteiger partial charge in [-0.15, -0.1) is 0 Å². The van der Waals surface area contributed by atoms with E-state index >= 15 is 0 Å². The Labute approximate surface area is 222 Å². The third-order valence-corrected chi connectivity index (χ3v) is 7.73. The summed E-state index contributed by atoms with van der Waals surface area (Å²) in [6.07, 6.45) is 3.61. The van der Waals surface area contributed by atoms with Gasteiger partial charge in [-0.2, -0.15) is 0 Å². The average molecular weight is 529 g/mol. The summed E-state index contributed by atoms with van der Waals surface area (Å²) in [6, 6.07) is 19.3. The number of nitro benzene ring substituents is 1. The average Bonchev–Trinajstić information content (AvgIpc) is 3.39. The van der Waals surface area contributed by atoms with Crippen molar-refractivity contribution in [2.24, 2.45) is 11.8 Å². The molecule has 6 rings (SSSR count). The molecule has 3 amide bonds. The first kappa shape index (κ1) is 23.9. The van der Waals surface area contributed by atoms with Crippen molar-refractivity contribution in [1.29, 1.82) is 0 Å². The highest BCUT2D eigenvalue weighted by molar-refractivity contribution is 6.32. The molecule has 0 aliphatic carbocycles. The highest BCUT2D eigenvalue weighted by atomic mass is 35.5. The van der Waals surface area contributed by atoms with Crippen molar-refractivity contribution in [3.8, 4) is 0 Å². The number of nitro groups is 1. The maximum absolute atomic E-state index is 13.8. The molecule has 2 fully saturated rings. The van der Waals surface area contributed by atoms with E-state index in [2.05, 4.69) is 5.32 Å². The molecule has 0 bridgehead atoms. The highest BCUT2D eigenvalue weighted by Crippen LogP contribution is 2.52. The fourth-order valence-electron chi connectivity index (χ4n) is 5.79. The van der Waals surface area contributed by atoms with Crippen molar-refractivity contribution in [2.45, 2.75) is 18.6 Å². The molecule has 0 radical (unpaired) electrons. The molecule has 4 atom stereocenters. The standard InChI is InChI=1S/C28H21ClN4O5/c29-20-11-10-18(14-21(20)33(37)38)30-26(34)25-23-22(24-19-9-5-4-8-17(19)12-13-31(24)25)27(35)32(28(23)36)15-16-6-2-1-3-7-16/h1-14,22-25H,15H2,(H,30,34)/t22-,23+,24?,25-/m0/s1. The highest BCUT2D eigenvalue weighted by Gasteiger charge is 2.64. The van der Waals surface area contributed by atoms with Crippen molar-refractivity contribution in [1.82, 2.24) is 9.80 Å². The van der Waals surface area contributed by atoms with E-state index in [1.165, 1.54) is 23.1 Å². The first-order valence-corrected chi connectivity index (χ1v) is 12.4. The molecule has 0 saturated carbocycles. The van der Waals surface area contributed by atoms with Crippen LogP contribution >= 0.6 is 11.6 Å². The molecule has 38 heavy (non-hydrogen) atoms. The number of hydrogen-bond donors (Lipinski definition) is 1. The maximum atomic E-state index is 13.8. The number of fused-ring (bicyclic) bond motifs is 5. The summed E-state index contributed by atoms with van der Waals surface area (Å²) in [5.74, 6) is -2.94. The van der Waals surface area contributed by atoms with E-state index in [9.17, 15) is 24.5 Å². The second-order valence-electron chi connectivity index (χ2n) is 9.49. The van der Waals surface area contributed by atoms with Gasteiger partial charge in [0.15, 0.2) is 0 Å². The molecule has 10 heteroatoms. The molecular weight excluding hydrogens is 508 g/mol. The van der Waals surface area contributed by atoms with Gasteiger partial charge in [-0.3, -0.25) is 29.4 Å². The van der Waals surface area contributed by atoms with Crippen LogP contribution in [0.2, 0.25) is 5.02 Å². The topological polar surface area (TPSA) is 113 Å². The van der Waals surface area contributed by atoms with Crippen LogP contribution in [0, 0.1) is 22.0 Å². The third-order valence-electron chi connectivity index (χ3n) is 7.42. The van der Waals surface area contributed by atoms with Gasteiger partial charge in [0.1, 0.15) is 11.1 Å². The number of likely N-dealkylation sites (tertiary alicyclic amines) is 1. The summed E-state index contributed by atoms with van der Waals surface area (Å²) in [5.41, 5.74) is 2.42. The lowest BCUT2D eigenvalue weighted by molar-refractivity contribution is -0.384.